The fourth-order valence-corrected chi connectivity index (χ4v) is 4.54. The SMILES string of the molecule is COc1ccc(-c2cc(C(=O)N3CCC(n4cc(CN)nn4)C3)sc2C)cc1. The van der Waals surface area contributed by atoms with Gasteiger partial charge in [0.2, 0.25) is 0 Å². The monoisotopic (exact) mass is 397 g/mol. The van der Waals surface area contributed by atoms with Gasteiger partial charge in [0.25, 0.3) is 5.91 Å². The topological polar surface area (TPSA) is 86.3 Å². The quantitative estimate of drug-likeness (QED) is 0.715. The number of aromatic nitrogens is 3. The van der Waals surface area contributed by atoms with Crippen molar-refractivity contribution in [2.24, 2.45) is 5.73 Å². The first-order valence-corrected chi connectivity index (χ1v) is 10.1. The van der Waals surface area contributed by atoms with Crippen LogP contribution in [0.25, 0.3) is 11.1 Å². The molecule has 28 heavy (non-hydrogen) atoms. The summed E-state index contributed by atoms with van der Waals surface area (Å²) in [6.07, 6.45) is 2.74. The van der Waals surface area contributed by atoms with Crippen LogP contribution < -0.4 is 10.5 Å². The van der Waals surface area contributed by atoms with E-state index in [-0.39, 0.29) is 11.9 Å². The van der Waals surface area contributed by atoms with E-state index in [0.29, 0.717) is 13.1 Å². The molecule has 146 valence electrons. The Hall–Kier alpha value is -2.71. The van der Waals surface area contributed by atoms with Crippen LogP contribution in [0.3, 0.4) is 0 Å². The number of hydrogen-bond acceptors (Lipinski definition) is 6. The molecule has 1 unspecified atom stereocenters. The molecule has 0 bridgehead atoms. The lowest BCUT2D eigenvalue weighted by atomic mass is 10.1. The second-order valence-corrected chi connectivity index (χ2v) is 8.15. The number of ether oxygens (including phenoxy) is 1. The maximum Gasteiger partial charge on any atom is 0.264 e. The summed E-state index contributed by atoms with van der Waals surface area (Å²) in [4.78, 5) is 16.8. The maximum absolute atomic E-state index is 13.0. The van der Waals surface area contributed by atoms with Gasteiger partial charge in [-0.3, -0.25) is 4.79 Å². The third-order valence-electron chi connectivity index (χ3n) is 5.12. The van der Waals surface area contributed by atoms with Crippen LogP contribution >= 0.6 is 11.3 Å². The molecule has 1 fully saturated rings. The molecule has 1 aliphatic rings. The third-order valence-corrected chi connectivity index (χ3v) is 6.16. The van der Waals surface area contributed by atoms with E-state index in [0.717, 1.165) is 45.3 Å². The molecule has 3 heterocycles. The number of thiophene rings is 1. The molecule has 1 saturated heterocycles. The first-order chi connectivity index (χ1) is 13.6. The number of carbonyl (C=O) groups is 1. The van der Waals surface area contributed by atoms with E-state index in [1.54, 1.807) is 18.4 Å². The Balaban J connectivity index is 1.49. The summed E-state index contributed by atoms with van der Waals surface area (Å²) in [6, 6.07) is 10.1. The van der Waals surface area contributed by atoms with Gasteiger partial charge in [0, 0.05) is 24.5 Å². The molecule has 2 aromatic heterocycles. The van der Waals surface area contributed by atoms with Gasteiger partial charge in [0.15, 0.2) is 0 Å². The fourth-order valence-electron chi connectivity index (χ4n) is 3.53. The number of nitrogens with zero attached hydrogens (tertiary/aromatic N) is 4. The van der Waals surface area contributed by atoms with E-state index < -0.39 is 0 Å². The van der Waals surface area contributed by atoms with E-state index in [4.69, 9.17) is 10.5 Å². The van der Waals surface area contributed by atoms with Crippen molar-refractivity contribution in [3.8, 4) is 16.9 Å². The van der Waals surface area contributed by atoms with Crippen molar-refractivity contribution in [2.45, 2.75) is 25.9 Å². The van der Waals surface area contributed by atoms with Crippen LogP contribution in [0.4, 0.5) is 0 Å². The van der Waals surface area contributed by atoms with Crippen molar-refractivity contribution < 1.29 is 9.53 Å². The number of likely N-dealkylation sites (tertiary alicyclic amines) is 1. The average Bonchev–Trinajstić information content (AvgIpc) is 3.46. The molecule has 7 nitrogen and oxygen atoms in total. The van der Waals surface area contributed by atoms with Gasteiger partial charge in [-0.1, -0.05) is 17.3 Å². The van der Waals surface area contributed by atoms with Gasteiger partial charge in [0.05, 0.1) is 29.9 Å². The number of methoxy groups -OCH3 is 1. The first-order valence-electron chi connectivity index (χ1n) is 9.24. The van der Waals surface area contributed by atoms with Crippen LogP contribution in [0.1, 0.15) is 32.7 Å². The second kappa shape index (κ2) is 7.73. The van der Waals surface area contributed by atoms with Crippen molar-refractivity contribution in [2.75, 3.05) is 20.2 Å². The lowest BCUT2D eigenvalue weighted by molar-refractivity contribution is 0.0791. The van der Waals surface area contributed by atoms with Crippen molar-refractivity contribution >= 4 is 17.2 Å². The van der Waals surface area contributed by atoms with Crippen LogP contribution in [-0.4, -0.2) is 46.0 Å². The van der Waals surface area contributed by atoms with E-state index in [1.807, 2.05) is 46.1 Å². The number of hydrogen-bond donors (Lipinski definition) is 1. The molecule has 0 radical (unpaired) electrons. The molecule has 1 atom stereocenters. The van der Waals surface area contributed by atoms with Crippen LogP contribution in [-0.2, 0) is 6.54 Å². The Morgan fingerprint density at radius 1 is 1.36 bits per heavy atom. The molecule has 2 N–H and O–H groups in total. The van der Waals surface area contributed by atoms with Gasteiger partial charge >= 0.3 is 0 Å². The van der Waals surface area contributed by atoms with E-state index in [9.17, 15) is 4.79 Å². The lowest BCUT2D eigenvalue weighted by Gasteiger charge is -2.15. The van der Waals surface area contributed by atoms with E-state index in [1.165, 1.54) is 0 Å². The Morgan fingerprint density at radius 3 is 2.82 bits per heavy atom. The molecule has 1 aromatic carbocycles. The number of benzene rings is 1. The summed E-state index contributed by atoms with van der Waals surface area (Å²) < 4.78 is 7.06. The molecule has 3 aromatic rings. The highest BCUT2D eigenvalue weighted by atomic mass is 32.1. The zero-order valence-electron chi connectivity index (χ0n) is 16.0. The fraction of sp³-hybridized carbons (Fsp3) is 0.350. The van der Waals surface area contributed by atoms with E-state index in [2.05, 4.69) is 17.2 Å². The number of nitrogens with two attached hydrogens (primary N) is 1. The Labute approximate surface area is 167 Å². The number of carbonyl (C=O) groups excluding carboxylic acids is 1. The minimum absolute atomic E-state index is 0.0783. The van der Waals surface area contributed by atoms with Crippen LogP contribution in [0.15, 0.2) is 36.5 Å². The maximum atomic E-state index is 13.0. The Morgan fingerprint density at radius 2 is 2.14 bits per heavy atom. The highest BCUT2D eigenvalue weighted by molar-refractivity contribution is 7.14. The minimum atomic E-state index is 0.0783. The van der Waals surface area contributed by atoms with Crippen LogP contribution in [0.2, 0.25) is 0 Å². The van der Waals surface area contributed by atoms with Crippen LogP contribution in [0, 0.1) is 6.92 Å². The van der Waals surface area contributed by atoms with Crippen molar-refractivity contribution in [1.29, 1.82) is 0 Å². The van der Waals surface area contributed by atoms with Gasteiger partial charge in [0.1, 0.15) is 5.75 Å². The third kappa shape index (κ3) is 3.53. The molecule has 4 rings (SSSR count). The Kier molecular flexibility index (Phi) is 5.15. The first kappa shape index (κ1) is 18.6. The predicted molar refractivity (Wildman–Crippen MR) is 109 cm³/mol. The number of amides is 1. The second-order valence-electron chi connectivity index (χ2n) is 6.90. The normalized spacial score (nSPS) is 16.5. The van der Waals surface area contributed by atoms with Gasteiger partial charge in [-0.2, -0.15) is 0 Å². The minimum Gasteiger partial charge on any atom is -0.497 e. The average molecular weight is 398 g/mol. The van der Waals surface area contributed by atoms with Crippen molar-refractivity contribution in [1.82, 2.24) is 19.9 Å². The molecule has 1 amide bonds. The van der Waals surface area contributed by atoms with Crippen LogP contribution in [0.5, 0.6) is 5.75 Å². The van der Waals surface area contributed by atoms with Gasteiger partial charge in [-0.05, 0) is 42.7 Å². The largest absolute Gasteiger partial charge is 0.497 e. The zero-order chi connectivity index (χ0) is 19.7. The highest BCUT2D eigenvalue weighted by Gasteiger charge is 2.30. The predicted octanol–water partition coefficient (Wildman–Crippen LogP) is 2.87. The lowest BCUT2D eigenvalue weighted by Crippen LogP contribution is -2.28. The summed E-state index contributed by atoms with van der Waals surface area (Å²) in [6.45, 7) is 3.78. The summed E-state index contributed by atoms with van der Waals surface area (Å²) >= 11 is 1.55. The van der Waals surface area contributed by atoms with Crippen molar-refractivity contribution in [3.63, 3.8) is 0 Å². The summed E-state index contributed by atoms with van der Waals surface area (Å²) in [5, 5.41) is 8.19. The smallest absolute Gasteiger partial charge is 0.264 e. The molecule has 1 aliphatic heterocycles. The highest BCUT2D eigenvalue weighted by Crippen LogP contribution is 2.33. The van der Waals surface area contributed by atoms with Gasteiger partial charge < -0.3 is 15.4 Å². The summed E-state index contributed by atoms with van der Waals surface area (Å²) in [5.74, 6) is 0.900. The molecular weight excluding hydrogens is 374 g/mol. The molecule has 0 spiro atoms. The molecular formula is C20H23N5O2S. The standard InChI is InChI=1S/C20H23N5O2S/c1-13-18(14-3-5-17(27-2)6-4-14)9-19(28-13)20(26)24-8-7-16(12-24)25-11-15(10-21)22-23-25/h3-6,9,11,16H,7-8,10,12,21H2,1-2H3. The zero-order valence-corrected chi connectivity index (χ0v) is 16.8. The molecule has 0 aliphatic carbocycles. The van der Waals surface area contributed by atoms with E-state index >= 15 is 0 Å². The van der Waals surface area contributed by atoms with Gasteiger partial charge in [-0.15, -0.1) is 16.4 Å². The Bertz CT molecular complexity index is 979. The summed E-state index contributed by atoms with van der Waals surface area (Å²) in [7, 11) is 1.65. The van der Waals surface area contributed by atoms with Crippen molar-refractivity contribution in [3.05, 3.63) is 52.0 Å². The number of aryl methyl sites for hydroxylation is 1. The van der Waals surface area contributed by atoms with Gasteiger partial charge in [-0.25, -0.2) is 4.68 Å². The summed E-state index contributed by atoms with van der Waals surface area (Å²) in [5.41, 5.74) is 8.56. The molecule has 0 saturated carbocycles. The molecule has 8 heteroatoms. The number of rotatable bonds is 5.